The van der Waals surface area contributed by atoms with Gasteiger partial charge in [0.05, 0.1) is 50.8 Å². The van der Waals surface area contributed by atoms with Crippen molar-refractivity contribution < 1.29 is 4.42 Å². The summed E-state index contributed by atoms with van der Waals surface area (Å²) in [6, 6.07) is 60.6. The molecule has 0 N–H and O–H groups in total. The van der Waals surface area contributed by atoms with Crippen molar-refractivity contribution >= 4 is 123 Å². The summed E-state index contributed by atoms with van der Waals surface area (Å²) in [4.78, 5) is 5.00. The van der Waals surface area contributed by atoms with Gasteiger partial charge in [-0.2, -0.15) is 5.26 Å². The maximum absolute atomic E-state index is 11.4. The molecule has 0 saturated heterocycles. The molecule has 15 rings (SSSR count). The number of para-hydroxylation sites is 1. The third kappa shape index (κ3) is 7.12. The first-order chi connectivity index (χ1) is 38.8. The van der Waals surface area contributed by atoms with Crippen LogP contribution in [0.4, 0.5) is 34.1 Å². The second-order valence-electron chi connectivity index (χ2n) is 29.1. The first kappa shape index (κ1) is 50.5. The predicted octanol–water partition coefficient (Wildman–Crippen LogP) is 18.5. The van der Waals surface area contributed by atoms with Crippen LogP contribution in [-0.2, 0) is 27.1 Å². The molecule has 82 heavy (non-hydrogen) atoms. The fraction of sp³-hybridized carbons (Fsp3) is 0.267. The van der Waals surface area contributed by atoms with Gasteiger partial charge >= 0.3 is 0 Å². The minimum absolute atomic E-state index is 0.0295. The zero-order valence-electron chi connectivity index (χ0n) is 50.2. The van der Waals surface area contributed by atoms with Gasteiger partial charge in [0, 0.05) is 66.8 Å². The van der Waals surface area contributed by atoms with E-state index in [9.17, 15) is 5.26 Å². The monoisotopic (exact) mass is 1070 g/mol. The number of aromatic nitrogens is 2. The number of anilines is 6. The van der Waals surface area contributed by atoms with E-state index in [-0.39, 0.29) is 33.8 Å². The molecule has 404 valence electrons. The molecule has 0 spiro atoms. The highest BCUT2D eigenvalue weighted by atomic mass is 16.3. The third-order valence-corrected chi connectivity index (χ3v) is 18.6. The predicted molar refractivity (Wildman–Crippen MR) is 348 cm³/mol. The van der Waals surface area contributed by atoms with Crippen LogP contribution in [0.25, 0.3) is 76.9 Å². The van der Waals surface area contributed by atoms with Gasteiger partial charge < -0.3 is 23.4 Å². The summed E-state index contributed by atoms with van der Waals surface area (Å²) in [5.41, 5.74) is 25.3. The van der Waals surface area contributed by atoms with Crippen LogP contribution in [0, 0.1) is 11.3 Å². The Morgan fingerprint density at radius 3 is 1.49 bits per heavy atom. The Morgan fingerprint density at radius 2 is 0.890 bits per heavy atom. The topological polar surface area (TPSA) is 53.3 Å². The summed E-state index contributed by atoms with van der Waals surface area (Å²) in [5, 5.41) is 18.6. The van der Waals surface area contributed by atoms with E-state index in [4.69, 9.17) is 4.42 Å². The van der Waals surface area contributed by atoms with Gasteiger partial charge in [0.25, 0.3) is 6.71 Å². The van der Waals surface area contributed by atoms with Crippen molar-refractivity contribution in [1.29, 1.82) is 5.26 Å². The molecule has 12 aromatic rings. The van der Waals surface area contributed by atoms with Crippen LogP contribution < -0.4 is 26.2 Å². The van der Waals surface area contributed by atoms with Crippen molar-refractivity contribution in [2.24, 2.45) is 0 Å². The largest absolute Gasteiger partial charge is 0.456 e. The molecule has 3 aliphatic heterocycles. The molecule has 0 atom stereocenters. The van der Waals surface area contributed by atoms with Crippen LogP contribution in [0.5, 0.6) is 0 Å². The molecule has 0 saturated carbocycles. The molecule has 0 amide bonds. The number of furan rings is 1. The normalized spacial score (nSPS) is 14.2. The summed E-state index contributed by atoms with van der Waals surface area (Å²) in [6.45, 7) is 34.6. The lowest BCUT2D eigenvalue weighted by atomic mass is 9.33. The maximum Gasteiger partial charge on any atom is 0.252 e. The summed E-state index contributed by atoms with van der Waals surface area (Å²) in [7, 11) is 0. The van der Waals surface area contributed by atoms with E-state index in [1.54, 1.807) is 0 Å². The van der Waals surface area contributed by atoms with Gasteiger partial charge in [-0.05, 0) is 168 Å². The standard InChI is InChI=1S/C75H70BN5O/c1-71(2,3)43-20-27-58-52(32-43)53-33-44(72(4,5)6)21-28-59(53)78(58)48-24-26-56-61(39-48)79(49-23-25-51-50-18-16-17-19-66(50)82-67(51)40-49)62-30-42(41-77)31-63-68(62)76(56)57-36-47(75(13,14)15)38-65-70(57)81(63)64-37-46(74(10,11)12)35-55-54-34-45(73(7,8)9)22-29-60(54)80(65)69(55)64/h16-40H,1-15H3. The highest BCUT2D eigenvalue weighted by Crippen LogP contribution is 2.55. The number of benzene rings is 9. The molecule has 3 aliphatic rings. The Morgan fingerprint density at radius 1 is 0.378 bits per heavy atom. The van der Waals surface area contributed by atoms with Gasteiger partial charge in [0.1, 0.15) is 11.2 Å². The Kier molecular flexibility index (Phi) is 10.1. The van der Waals surface area contributed by atoms with Crippen molar-refractivity contribution in [2.45, 2.75) is 131 Å². The molecule has 0 aliphatic carbocycles. The van der Waals surface area contributed by atoms with E-state index in [2.05, 4.69) is 274 Å². The number of rotatable bonds is 2. The van der Waals surface area contributed by atoms with Crippen molar-refractivity contribution in [3.8, 4) is 17.4 Å². The van der Waals surface area contributed by atoms with Gasteiger partial charge in [-0.15, -0.1) is 0 Å². The molecular formula is C75H70BN5O. The van der Waals surface area contributed by atoms with E-state index < -0.39 is 0 Å². The van der Waals surface area contributed by atoms with Gasteiger partial charge in [-0.1, -0.05) is 152 Å². The zero-order valence-corrected chi connectivity index (χ0v) is 50.2. The van der Waals surface area contributed by atoms with E-state index in [1.165, 1.54) is 99.2 Å². The third-order valence-electron chi connectivity index (χ3n) is 18.6. The van der Waals surface area contributed by atoms with Crippen molar-refractivity contribution in [1.82, 2.24) is 9.13 Å². The lowest BCUT2D eigenvalue weighted by Gasteiger charge is -2.47. The molecule has 6 nitrogen and oxygen atoms in total. The highest BCUT2D eigenvalue weighted by Gasteiger charge is 2.48. The van der Waals surface area contributed by atoms with Crippen LogP contribution in [0.15, 0.2) is 156 Å². The van der Waals surface area contributed by atoms with E-state index in [1.807, 2.05) is 6.07 Å². The zero-order chi connectivity index (χ0) is 57.2. The number of fused-ring (bicyclic) bond motifs is 15. The fourth-order valence-corrected chi connectivity index (χ4v) is 14.0. The minimum Gasteiger partial charge on any atom is -0.456 e. The van der Waals surface area contributed by atoms with Crippen LogP contribution in [0.1, 0.15) is 137 Å². The fourth-order valence-electron chi connectivity index (χ4n) is 14.0. The number of hydrogen-bond acceptors (Lipinski definition) is 4. The highest BCUT2D eigenvalue weighted by molar-refractivity contribution is 7.00. The summed E-state index contributed by atoms with van der Waals surface area (Å²) < 4.78 is 11.8. The van der Waals surface area contributed by atoms with E-state index in [0.29, 0.717) is 5.56 Å². The second kappa shape index (κ2) is 16.4. The second-order valence-corrected chi connectivity index (χ2v) is 29.1. The van der Waals surface area contributed by atoms with Gasteiger partial charge in [0.2, 0.25) is 0 Å². The molecule has 0 bridgehead atoms. The lowest BCUT2D eigenvalue weighted by molar-refractivity contribution is 0.590. The molecule has 3 aromatic heterocycles. The summed E-state index contributed by atoms with van der Waals surface area (Å²) in [5.74, 6) is 0. The Hall–Kier alpha value is -8.47. The minimum atomic E-state index is -0.195. The Balaban J connectivity index is 1.08. The van der Waals surface area contributed by atoms with Gasteiger partial charge in [-0.3, -0.25) is 0 Å². The van der Waals surface area contributed by atoms with Crippen LogP contribution >= 0.6 is 0 Å². The molecule has 7 heteroatoms. The molecule has 0 unspecified atom stereocenters. The van der Waals surface area contributed by atoms with Gasteiger partial charge in [-0.25, -0.2) is 0 Å². The van der Waals surface area contributed by atoms with E-state index in [0.717, 1.165) is 56.1 Å². The van der Waals surface area contributed by atoms with Crippen LogP contribution in [0.3, 0.4) is 0 Å². The van der Waals surface area contributed by atoms with Crippen molar-refractivity contribution in [3.05, 3.63) is 185 Å². The smallest absolute Gasteiger partial charge is 0.252 e. The molecule has 0 fully saturated rings. The number of nitrogens with zero attached hydrogens (tertiary/aromatic N) is 5. The van der Waals surface area contributed by atoms with Crippen molar-refractivity contribution in [2.75, 3.05) is 9.80 Å². The van der Waals surface area contributed by atoms with Crippen LogP contribution in [0.2, 0.25) is 0 Å². The molecule has 9 aromatic carbocycles. The van der Waals surface area contributed by atoms with Gasteiger partial charge in [0.15, 0.2) is 0 Å². The summed E-state index contributed by atoms with van der Waals surface area (Å²) in [6.07, 6.45) is 0. The van der Waals surface area contributed by atoms with Crippen LogP contribution in [-0.4, -0.2) is 15.8 Å². The molecular weight excluding hydrogens is 998 g/mol. The quantitative estimate of drug-likeness (QED) is 0.162. The maximum atomic E-state index is 11.4. The van der Waals surface area contributed by atoms with E-state index >= 15 is 0 Å². The lowest BCUT2D eigenvalue weighted by Crippen LogP contribution is -2.62. The molecule has 6 heterocycles. The Bertz CT molecular complexity index is 4790. The number of hydrogen-bond donors (Lipinski definition) is 0. The average Bonchev–Trinajstić information content (AvgIpc) is 1.32. The Labute approximate surface area is 482 Å². The summed E-state index contributed by atoms with van der Waals surface area (Å²) >= 11 is 0. The first-order valence-corrected chi connectivity index (χ1v) is 29.4. The molecule has 0 radical (unpaired) electrons. The van der Waals surface area contributed by atoms with Crippen molar-refractivity contribution in [3.63, 3.8) is 0 Å². The average molecular weight is 1070 g/mol. The SMILES string of the molecule is CC(C)(C)c1cc2c3c(c1)-n1c4ccc(C(C)(C)C)cc4c4cc(C(C)(C)C)cc(c41)N3c1cc(C#N)cc3c1B2c1ccc(-n2c4ccc(C(C)(C)C)cc4c4cc(C(C)(C)C)ccc42)cc1N3c1ccc2c(c1)oc1ccccc12. The number of nitriles is 1. The first-order valence-electron chi connectivity index (χ1n) is 29.4.